The Hall–Kier alpha value is -4.86. The zero-order valence-electron chi connectivity index (χ0n) is 17.3. The van der Waals surface area contributed by atoms with Crippen molar-refractivity contribution in [2.45, 2.75) is 0 Å². The lowest BCUT2D eigenvalue weighted by atomic mass is 9.98. The fourth-order valence-corrected chi connectivity index (χ4v) is 5.81. The van der Waals surface area contributed by atoms with E-state index in [1.54, 1.807) is 24.3 Å². The lowest BCUT2D eigenvalue weighted by Crippen LogP contribution is -2.18. The summed E-state index contributed by atoms with van der Waals surface area (Å²) in [6, 6.07) is 19.1. The van der Waals surface area contributed by atoms with Crippen LogP contribution in [0.15, 0.2) is 59.6 Å². The van der Waals surface area contributed by atoms with Gasteiger partial charge in [-0.15, -0.1) is 22.7 Å². The summed E-state index contributed by atoms with van der Waals surface area (Å²) in [7, 11) is 0. The molecule has 5 aromatic rings. The van der Waals surface area contributed by atoms with Gasteiger partial charge < -0.3 is 0 Å². The highest BCUT2D eigenvalue weighted by Crippen LogP contribution is 2.27. The molecule has 0 aliphatic rings. The van der Waals surface area contributed by atoms with Crippen molar-refractivity contribution in [2.24, 2.45) is 0 Å². The summed E-state index contributed by atoms with van der Waals surface area (Å²) in [6.07, 6.45) is 3.03. The fraction of sp³-hybridized carbons (Fsp3) is 0. The molecule has 0 N–H and O–H groups in total. The Kier molecular flexibility index (Phi) is 5.30. The van der Waals surface area contributed by atoms with Crippen LogP contribution in [0.1, 0.15) is 22.5 Å². The van der Waals surface area contributed by atoms with Crippen LogP contribution in [0.5, 0.6) is 0 Å². The van der Waals surface area contributed by atoms with Gasteiger partial charge in [-0.2, -0.15) is 21.0 Å². The van der Waals surface area contributed by atoms with Gasteiger partial charge in [0, 0.05) is 48.6 Å². The third kappa shape index (κ3) is 3.28. The molecule has 0 spiro atoms. The van der Waals surface area contributed by atoms with Crippen molar-refractivity contribution in [1.82, 2.24) is 9.97 Å². The molecular formula is C26H10N6S2. The number of pyridine rings is 2. The molecule has 0 amide bonds. The van der Waals surface area contributed by atoms with Crippen LogP contribution in [-0.2, 0) is 0 Å². The molecule has 156 valence electrons. The number of hydrogen-bond acceptors (Lipinski definition) is 8. The van der Waals surface area contributed by atoms with Gasteiger partial charge in [0.15, 0.2) is 0 Å². The van der Waals surface area contributed by atoms with Gasteiger partial charge in [-0.1, -0.05) is 0 Å². The molecule has 0 aliphatic carbocycles. The van der Waals surface area contributed by atoms with Crippen LogP contribution in [0.4, 0.5) is 0 Å². The van der Waals surface area contributed by atoms with Gasteiger partial charge in [0.25, 0.3) is 0 Å². The van der Waals surface area contributed by atoms with E-state index in [9.17, 15) is 21.0 Å². The van der Waals surface area contributed by atoms with Gasteiger partial charge in [0.05, 0.1) is 22.5 Å². The summed E-state index contributed by atoms with van der Waals surface area (Å²) in [5.41, 5.74) is 2.93. The molecule has 0 radical (unpaired) electrons. The second-order valence-corrected chi connectivity index (χ2v) is 8.97. The standard InChI is InChI=1S/C26H10N6S2/c27-9-15-1-3-20(31-13-15)24(21-4-2-16(10-28)14-32-21)23-19-6-8-33-25(19)22(17(11-29)12-30)18-5-7-34-26(18)23/h1-8,13-14H. The van der Waals surface area contributed by atoms with E-state index in [2.05, 4.69) is 22.1 Å². The Morgan fingerprint density at radius 1 is 0.647 bits per heavy atom. The molecule has 0 aliphatic heterocycles. The van der Waals surface area contributed by atoms with Crippen LogP contribution in [0.2, 0.25) is 0 Å². The molecule has 8 heteroatoms. The first-order chi connectivity index (χ1) is 16.7. The van der Waals surface area contributed by atoms with Gasteiger partial charge in [-0.3, -0.25) is 9.97 Å². The summed E-state index contributed by atoms with van der Waals surface area (Å²) in [6.45, 7) is 0. The highest BCUT2D eigenvalue weighted by atomic mass is 32.1. The summed E-state index contributed by atoms with van der Waals surface area (Å²) in [5.74, 6) is 0. The Bertz CT molecular complexity index is 1750. The van der Waals surface area contributed by atoms with Gasteiger partial charge in [-0.05, 0) is 47.2 Å². The molecule has 0 saturated carbocycles. The summed E-state index contributed by atoms with van der Waals surface area (Å²) < 4.78 is 1.73. The second kappa shape index (κ2) is 8.58. The molecule has 6 nitrogen and oxygen atoms in total. The number of fused-ring (bicyclic) bond motifs is 2. The maximum absolute atomic E-state index is 9.63. The van der Waals surface area contributed by atoms with Crippen molar-refractivity contribution in [3.05, 3.63) is 92.5 Å². The van der Waals surface area contributed by atoms with E-state index in [1.165, 1.54) is 35.1 Å². The predicted octanol–water partition coefficient (Wildman–Crippen LogP) is 4.09. The minimum atomic E-state index is 0.0666. The Morgan fingerprint density at radius 2 is 1.15 bits per heavy atom. The van der Waals surface area contributed by atoms with Crippen molar-refractivity contribution in [2.75, 3.05) is 0 Å². The Balaban J connectivity index is 2.07. The van der Waals surface area contributed by atoms with E-state index in [0.717, 1.165) is 31.0 Å². The molecule has 34 heavy (non-hydrogen) atoms. The molecule has 4 heterocycles. The second-order valence-electron chi connectivity index (χ2n) is 7.14. The number of hydrogen-bond donors (Lipinski definition) is 0. The summed E-state index contributed by atoms with van der Waals surface area (Å²) in [5, 5.41) is 44.8. The topological polar surface area (TPSA) is 121 Å². The third-order valence-corrected chi connectivity index (χ3v) is 7.21. The molecule has 0 atom stereocenters. The highest BCUT2D eigenvalue weighted by Gasteiger charge is 2.18. The maximum Gasteiger partial charge on any atom is 0.138 e. The summed E-state index contributed by atoms with van der Waals surface area (Å²) in [4.78, 5) is 9.10. The molecular weight excluding hydrogens is 460 g/mol. The SMILES string of the molecule is N#CC(C#N)=c1c2ccsc2c(=C(c2ccc(C#N)cn2)c2ccc(C#N)cn2)c2ccsc12. The van der Waals surface area contributed by atoms with Gasteiger partial charge in [0.2, 0.25) is 0 Å². The largest absolute Gasteiger partial charge is 0.255 e. The predicted molar refractivity (Wildman–Crippen MR) is 131 cm³/mol. The molecule has 5 rings (SSSR count). The van der Waals surface area contributed by atoms with Gasteiger partial charge in [-0.25, -0.2) is 0 Å². The first-order valence-electron chi connectivity index (χ1n) is 9.88. The minimum Gasteiger partial charge on any atom is -0.255 e. The van der Waals surface area contributed by atoms with Crippen LogP contribution in [0.25, 0.3) is 31.3 Å². The van der Waals surface area contributed by atoms with Crippen LogP contribution in [-0.4, -0.2) is 9.97 Å². The molecule has 4 aromatic heterocycles. The van der Waals surface area contributed by atoms with Crippen LogP contribution < -0.4 is 10.4 Å². The number of nitrogens with zero attached hydrogens (tertiary/aromatic N) is 6. The molecule has 0 fully saturated rings. The number of thiophene rings is 2. The van der Waals surface area contributed by atoms with E-state index in [1.807, 2.05) is 35.0 Å². The van der Waals surface area contributed by atoms with Crippen LogP contribution >= 0.6 is 22.7 Å². The van der Waals surface area contributed by atoms with Crippen molar-refractivity contribution >= 4 is 54.0 Å². The average molecular weight is 471 g/mol. The molecule has 1 aromatic carbocycles. The van der Waals surface area contributed by atoms with Crippen molar-refractivity contribution in [3.63, 3.8) is 0 Å². The first-order valence-corrected chi connectivity index (χ1v) is 11.6. The smallest absolute Gasteiger partial charge is 0.138 e. The van der Waals surface area contributed by atoms with Crippen LogP contribution in [0.3, 0.4) is 0 Å². The zero-order chi connectivity index (χ0) is 23.7. The highest BCUT2D eigenvalue weighted by molar-refractivity contribution is 7.18. The lowest BCUT2D eigenvalue weighted by Gasteiger charge is -2.10. The van der Waals surface area contributed by atoms with Crippen molar-refractivity contribution < 1.29 is 0 Å². The van der Waals surface area contributed by atoms with Gasteiger partial charge >= 0.3 is 0 Å². The lowest BCUT2D eigenvalue weighted by molar-refractivity contribution is 1.20. The normalized spacial score (nSPS) is 10.2. The maximum atomic E-state index is 9.63. The first kappa shape index (κ1) is 21.0. The number of aromatic nitrogens is 2. The zero-order valence-corrected chi connectivity index (χ0v) is 18.9. The number of benzene rings is 1. The third-order valence-electron chi connectivity index (χ3n) is 5.34. The Labute approximate surface area is 201 Å². The molecule has 0 bridgehead atoms. The molecule has 0 unspecified atom stereocenters. The van der Waals surface area contributed by atoms with E-state index in [-0.39, 0.29) is 5.57 Å². The number of nitriles is 4. The minimum absolute atomic E-state index is 0.0666. The van der Waals surface area contributed by atoms with E-state index >= 15 is 0 Å². The Morgan fingerprint density at radius 3 is 1.59 bits per heavy atom. The monoisotopic (exact) mass is 470 g/mol. The van der Waals surface area contributed by atoms with E-state index in [4.69, 9.17) is 0 Å². The quantitative estimate of drug-likeness (QED) is 0.383. The fourth-order valence-electron chi connectivity index (χ4n) is 3.88. The van der Waals surface area contributed by atoms with Crippen molar-refractivity contribution in [3.8, 4) is 24.3 Å². The van der Waals surface area contributed by atoms with E-state index in [0.29, 0.717) is 27.7 Å². The van der Waals surface area contributed by atoms with Crippen molar-refractivity contribution in [1.29, 1.82) is 21.0 Å². The number of rotatable bonds is 2. The van der Waals surface area contributed by atoms with Crippen LogP contribution in [0, 0.1) is 45.3 Å². The molecule has 0 saturated heterocycles. The average Bonchev–Trinajstić information content (AvgIpc) is 3.57. The van der Waals surface area contributed by atoms with Gasteiger partial charge in [0.1, 0.15) is 29.8 Å². The van der Waals surface area contributed by atoms with E-state index < -0.39 is 0 Å². The summed E-state index contributed by atoms with van der Waals surface area (Å²) >= 11 is 2.98.